The summed E-state index contributed by atoms with van der Waals surface area (Å²) < 4.78 is 39.4. The Morgan fingerprint density at radius 1 is 1.30 bits per heavy atom. The zero-order valence-electron chi connectivity index (χ0n) is 10.7. The summed E-state index contributed by atoms with van der Waals surface area (Å²) >= 11 is 0. The zero-order valence-corrected chi connectivity index (χ0v) is 11.5. The molecule has 0 aliphatic rings. The minimum Gasteiger partial charge on any atom is -0.396 e. The monoisotopic (exact) mass is 296 g/mol. The SMILES string of the molecule is Cc1cnc(CNS(=O)(=O)c2ccc(F)c(N)c2)cn1. The number of benzene rings is 1. The lowest BCUT2D eigenvalue weighted by Crippen LogP contribution is -2.24. The maximum atomic E-state index is 13.0. The van der Waals surface area contributed by atoms with Crippen molar-refractivity contribution in [1.29, 1.82) is 0 Å². The molecule has 8 heteroatoms. The van der Waals surface area contributed by atoms with E-state index < -0.39 is 15.8 Å². The molecule has 0 bridgehead atoms. The van der Waals surface area contributed by atoms with Crippen LogP contribution in [0.3, 0.4) is 0 Å². The Hall–Kier alpha value is -2.06. The van der Waals surface area contributed by atoms with Crippen LogP contribution in [-0.4, -0.2) is 18.4 Å². The number of hydrogen-bond donors (Lipinski definition) is 2. The van der Waals surface area contributed by atoms with Crippen molar-refractivity contribution in [1.82, 2.24) is 14.7 Å². The Morgan fingerprint density at radius 3 is 2.65 bits per heavy atom. The first-order valence-corrected chi connectivity index (χ1v) is 7.19. The Labute approximate surface area is 115 Å². The van der Waals surface area contributed by atoms with Gasteiger partial charge in [-0.15, -0.1) is 0 Å². The molecule has 20 heavy (non-hydrogen) atoms. The number of nitrogen functional groups attached to an aromatic ring is 1. The molecular formula is C12H13FN4O2S. The van der Waals surface area contributed by atoms with Gasteiger partial charge in [0.15, 0.2) is 0 Å². The molecule has 0 atom stereocenters. The molecule has 0 radical (unpaired) electrons. The average Bonchev–Trinajstić information content (AvgIpc) is 2.41. The van der Waals surface area contributed by atoms with E-state index in [0.717, 1.165) is 23.9 Å². The van der Waals surface area contributed by atoms with Crippen molar-refractivity contribution in [2.45, 2.75) is 18.4 Å². The van der Waals surface area contributed by atoms with Crippen LogP contribution in [0.4, 0.5) is 10.1 Å². The van der Waals surface area contributed by atoms with Crippen molar-refractivity contribution in [3.63, 3.8) is 0 Å². The standard InChI is InChI=1S/C12H13FN4O2S/c1-8-5-16-9(6-15-8)7-17-20(18,19)10-2-3-11(13)12(14)4-10/h2-6,17H,7,14H2,1H3. The molecule has 106 valence electrons. The third-order valence-corrected chi connectivity index (χ3v) is 3.95. The fourth-order valence-corrected chi connectivity index (χ4v) is 2.49. The van der Waals surface area contributed by atoms with E-state index in [1.807, 2.05) is 0 Å². The number of anilines is 1. The second kappa shape index (κ2) is 5.51. The van der Waals surface area contributed by atoms with Gasteiger partial charge in [0, 0.05) is 6.20 Å². The lowest BCUT2D eigenvalue weighted by atomic mass is 10.3. The van der Waals surface area contributed by atoms with Gasteiger partial charge < -0.3 is 5.73 Å². The highest BCUT2D eigenvalue weighted by Crippen LogP contribution is 2.16. The van der Waals surface area contributed by atoms with Crippen LogP contribution in [0.5, 0.6) is 0 Å². The third kappa shape index (κ3) is 3.28. The summed E-state index contributed by atoms with van der Waals surface area (Å²) in [5.41, 5.74) is 6.35. The van der Waals surface area contributed by atoms with Crippen molar-refractivity contribution < 1.29 is 12.8 Å². The topological polar surface area (TPSA) is 98.0 Å². The highest BCUT2D eigenvalue weighted by Gasteiger charge is 2.15. The maximum Gasteiger partial charge on any atom is 0.241 e. The molecule has 2 rings (SSSR count). The van der Waals surface area contributed by atoms with Gasteiger partial charge in [-0.1, -0.05) is 0 Å². The number of rotatable bonds is 4. The van der Waals surface area contributed by atoms with Gasteiger partial charge in [0.2, 0.25) is 10.0 Å². The first kappa shape index (κ1) is 14.4. The van der Waals surface area contributed by atoms with Gasteiger partial charge in [-0.2, -0.15) is 0 Å². The number of nitrogens with zero attached hydrogens (tertiary/aromatic N) is 2. The van der Waals surface area contributed by atoms with E-state index in [9.17, 15) is 12.8 Å². The quantitative estimate of drug-likeness (QED) is 0.820. The molecule has 3 N–H and O–H groups in total. The number of hydrogen-bond acceptors (Lipinski definition) is 5. The summed E-state index contributed by atoms with van der Waals surface area (Å²) in [5, 5.41) is 0. The van der Waals surface area contributed by atoms with E-state index in [1.165, 1.54) is 6.20 Å². The molecule has 0 saturated heterocycles. The van der Waals surface area contributed by atoms with Crippen molar-refractivity contribution >= 4 is 15.7 Å². The maximum absolute atomic E-state index is 13.0. The first-order chi connectivity index (χ1) is 9.38. The van der Waals surface area contributed by atoms with Crippen LogP contribution in [-0.2, 0) is 16.6 Å². The first-order valence-electron chi connectivity index (χ1n) is 5.71. The molecule has 6 nitrogen and oxygen atoms in total. The summed E-state index contributed by atoms with van der Waals surface area (Å²) in [6, 6.07) is 3.23. The smallest absolute Gasteiger partial charge is 0.241 e. The van der Waals surface area contributed by atoms with Crippen molar-refractivity contribution in [2.75, 3.05) is 5.73 Å². The molecule has 2 aromatic rings. The third-order valence-electron chi connectivity index (χ3n) is 2.56. The molecule has 0 aliphatic carbocycles. The van der Waals surface area contributed by atoms with E-state index in [1.54, 1.807) is 13.1 Å². The Balaban J connectivity index is 2.14. The minimum absolute atomic E-state index is 0.00705. The fraction of sp³-hybridized carbons (Fsp3) is 0.167. The number of aryl methyl sites for hydroxylation is 1. The van der Waals surface area contributed by atoms with Crippen LogP contribution in [0.25, 0.3) is 0 Å². The number of aromatic nitrogens is 2. The molecule has 0 saturated carbocycles. The normalized spacial score (nSPS) is 11.5. The molecule has 0 unspecified atom stereocenters. The summed E-state index contributed by atoms with van der Waals surface area (Å²) in [5.74, 6) is -0.659. The molecule has 0 amide bonds. The van der Waals surface area contributed by atoms with E-state index in [2.05, 4.69) is 14.7 Å². The molecule has 1 aromatic heterocycles. The molecule has 0 fully saturated rings. The van der Waals surface area contributed by atoms with Gasteiger partial charge in [0.1, 0.15) is 5.82 Å². The van der Waals surface area contributed by atoms with Gasteiger partial charge in [-0.3, -0.25) is 9.97 Å². The van der Waals surface area contributed by atoms with Crippen molar-refractivity contribution in [3.8, 4) is 0 Å². The second-order valence-corrected chi connectivity index (χ2v) is 5.92. The summed E-state index contributed by atoms with van der Waals surface area (Å²) in [6.07, 6.45) is 3.02. The van der Waals surface area contributed by atoms with Crippen LogP contribution in [0.15, 0.2) is 35.5 Å². The van der Waals surface area contributed by atoms with E-state index >= 15 is 0 Å². The number of nitrogens with two attached hydrogens (primary N) is 1. The van der Waals surface area contributed by atoms with Gasteiger partial charge in [0.05, 0.1) is 34.7 Å². The van der Waals surface area contributed by atoms with Gasteiger partial charge >= 0.3 is 0 Å². The van der Waals surface area contributed by atoms with Crippen molar-refractivity contribution in [3.05, 3.63) is 47.8 Å². The van der Waals surface area contributed by atoms with Crippen LogP contribution < -0.4 is 10.5 Å². The minimum atomic E-state index is -3.77. The van der Waals surface area contributed by atoms with Gasteiger partial charge in [-0.05, 0) is 25.1 Å². The van der Waals surface area contributed by atoms with Crippen LogP contribution in [0.1, 0.15) is 11.4 Å². The van der Waals surface area contributed by atoms with E-state index in [-0.39, 0.29) is 17.1 Å². The summed E-state index contributed by atoms with van der Waals surface area (Å²) in [4.78, 5) is 7.94. The summed E-state index contributed by atoms with van der Waals surface area (Å²) in [6.45, 7) is 1.77. The molecule has 1 aromatic carbocycles. The highest BCUT2D eigenvalue weighted by molar-refractivity contribution is 7.89. The fourth-order valence-electron chi connectivity index (χ4n) is 1.45. The lowest BCUT2D eigenvalue weighted by molar-refractivity contribution is 0.579. The predicted molar refractivity (Wildman–Crippen MR) is 71.6 cm³/mol. The second-order valence-electron chi connectivity index (χ2n) is 4.16. The van der Waals surface area contributed by atoms with Crippen LogP contribution in [0.2, 0.25) is 0 Å². The van der Waals surface area contributed by atoms with Gasteiger partial charge in [-0.25, -0.2) is 17.5 Å². The van der Waals surface area contributed by atoms with Crippen LogP contribution >= 0.6 is 0 Å². The lowest BCUT2D eigenvalue weighted by Gasteiger charge is -2.07. The Bertz CT molecular complexity index is 717. The predicted octanol–water partition coefficient (Wildman–Crippen LogP) is 0.985. The summed E-state index contributed by atoms with van der Waals surface area (Å²) in [7, 11) is -3.77. The average molecular weight is 296 g/mol. The molecule has 1 heterocycles. The number of nitrogens with one attached hydrogen (secondary N) is 1. The number of halogens is 1. The zero-order chi connectivity index (χ0) is 14.8. The number of sulfonamides is 1. The largest absolute Gasteiger partial charge is 0.396 e. The van der Waals surface area contributed by atoms with E-state index in [4.69, 9.17) is 5.73 Å². The molecule has 0 aliphatic heterocycles. The van der Waals surface area contributed by atoms with Gasteiger partial charge in [0.25, 0.3) is 0 Å². The van der Waals surface area contributed by atoms with Crippen LogP contribution in [0, 0.1) is 12.7 Å². The Morgan fingerprint density at radius 2 is 2.05 bits per heavy atom. The molecular weight excluding hydrogens is 283 g/mol. The highest BCUT2D eigenvalue weighted by atomic mass is 32.2. The van der Waals surface area contributed by atoms with E-state index in [0.29, 0.717) is 5.69 Å². The van der Waals surface area contributed by atoms with Crippen molar-refractivity contribution in [2.24, 2.45) is 0 Å². The Kier molecular flexibility index (Phi) is 3.96. The molecule has 0 spiro atoms.